The predicted molar refractivity (Wildman–Crippen MR) is 60.6 cm³/mol. The van der Waals surface area contributed by atoms with E-state index < -0.39 is 0 Å². The molecule has 0 unspecified atom stereocenters. The van der Waals surface area contributed by atoms with Crippen LogP contribution in [0.5, 0.6) is 0 Å². The van der Waals surface area contributed by atoms with E-state index >= 15 is 0 Å². The number of nitrogens with one attached hydrogen (secondary N) is 1. The van der Waals surface area contributed by atoms with Gasteiger partial charge < -0.3 is 4.98 Å². The van der Waals surface area contributed by atoms with Gasteiger partial charge in [0.15, 0.2) is 0 Å². The number of fused-ring (bicyclic) bond motifs is 1. The van der Waals surface area contributed by atoms with Crippen molar-refractivity contribution in [1.82, 2.24) is 4.98 Å². The van der Waals surface area contributed by atoms with Gasteiger partial charge in [0.1, 0.15) is 0 Å². The van der Waals surface area contributed by atoms with E-state index in [1.807, 2.05) is 38.3 Å². The molecule has 1 aliphatic rings. The van der Waals surface area contributed by atoms with Crippen molar-refractivity contribution in [1.29, 1.82) is 0 Å². The van der Waals surface area contributed by atoms with Crippen LogP contribution in [-0.4, -0.2) is 10.5 Å². The summed E-state index contributed by atoms with van der Waals surface area (Å²) in [4.78, 5) is 7.72. The summed E-state index contributed by atoms with van der Waals surface area (Å²) in [6, 6.07) is 2.00. The number of allylic oxidation sites excluding steroid dienone is 1. The highest BCUT2D eigenvalue weighted by atomic mass is 14.8. The zero-order chi connectivity index (χ0) is 10.6. The van der Waals surface area contributed by atoms with Crippen molar-refractivity contribution < 1.29 is 0 Å². The van der Waals surface area contributed by atoms with Crippen LogP contribution in [-0.2, 0) is 0 Å². The fraction of sp³-hybridized carbons (Fsp3) is 0.417. The maximum absolute atomic E-state index is 4.58. The Morgan fingerprint density at radius 2 is 2.00 bits per heavy atom. The second-order valence-corrected chi connectivity index (χ2v) is 3.57. The Labute approximate surface area is 85.1 Å². The van der Waals surface area contributed by atoms with E-state index in [2.05, 4.69) is 29.9 Å². The third kappa shape index (κ3) is 2.34. The summed E-state index contributed by atoms with van der Waals surface area (Å²) in [6.45, 7) is 8.19. The van der Waals surface area contributed by atoms with Gasteiger partial charge in [0.05, 0.1) is 16.2 Å². The lowest BCUT2D eigenvalue weighted by Crippen LogP contribution is -2.26. The molecule has 2 nitrogen and oxygen atoms in total. The summed E-state index contributed by atoms with van der Waals surface area (Å²) in [6.07, 6.45) is 8.11. The third-order valence-corrected chi connectivity index (χ3v) is 1.93. The van der Waals surface area contributed by atoms with Crippen LogP contribution in [0.2, 0.25) is 0 Å². The number of rotatable bonds is 0. The molecule has 2 heterocycles. The first kappa shape index (κ1) is 10.8. The molecule has 0 saturated carbocycles. The normalized spacial score (nSPS) is 16.6. The third-order valence-electron chi connectivity index (χ3n) is 1.93. The average molecular weight is 190 g/mol. The maximum Gasteiger partial charge on any atom is 0.0833 e. The number of aromatic nitrogens is 1. The molecule has 0 aliphatic carbocycles. The van der Waals surface area contributed by atoms with Crippen LogP contribution in [0.1, 0.15) is 27.7 Å². The van der Waals surface area contributed by atoms with Gasteiger partial charge in [-0.15, -0.1) is 0 Å². The van der Waals surface area contributed by atoms with E-state index in [4.69, 9.17) is 0 Å². The van der Waals surface area contributed by atoms with Gasteiger partial charge in [-0.25, -0.2) is 0 Å². The minimum Gasteiger partial charge on any atom is -0.360 e. The summed E-state index contributed by atoms with van der Waals surface area (Å²) >= 11 is 0. The highest BCUT2D eigenvalue weighted by Crippen LogP contribution is 2.09. The number of hydrogen-bond donors (Lipinski definition) is 1. The zero-order valence-corrected chi connectivity index (χ0v) is 9.33. The largest absolute Gasteiger partial charge is 0.360 e. The Balaban J connectivity index is 0.000000461. The van der Waals surface area contributed by atoms with Crippen LogP contribution < -0.4 is 10.7 Å². The van der Waals surface area contributed by atoms with Crippen LogP contribution in [0, 0.1) is 0 Å². The smallest absolute Gasteiger partial charge is 0.0833 e. The molecular weight excluding hydrogens is 172 g/mol. The van der Waals surface area contributed by atoms with Crippen molar-refractivity contribution in [2.45, 2.75) is 33.2 Å². The molecule has 0 aromatic carbocycles. The lowest BCUT2D eigenvalue weighted by molar-refractivity contribution is 0.638. The lowest BCUT2D eigenvalue weighted by Gasteiger charge is -2.11. The second-order valence-electron chi connectivity index (χ2n) is 3.57. The molecule has 1 N–H and O–H groups in total. The Hall–Kier alpha value is -1.31. The van der Waals surface area contributed by atoms with E-state index in [0.717, 1.165) is 10.7 Å². The van der Waals surface area contributed by atoms with Gasteiger partial charge in [0.25, 0.3) is 0 Å². The highest BCUT2D eigenvalue weighted by molar-refractivity contribution is 5.37. The fourth-order valence-corrected chi connectivity index (χ4v) is 1.33. The number of nitrogens with zero attached hydrogens (tertiary/aromatic N) is 1. The predicted octanol–water partition coefficient (Wildman–Crippen LogP) is 1.79. The monoisotopic (exact) mass is 190 g/mol. The van der Waals surface area contributed by atoms with Crippen LogP contribution >= 0.6 is 0 Å². The first-order chi connectivity index (χ1) is 6.67. The molecule has 0 spiro atoms. The highest BCUT2D eigenvalue weighted by Gasteiger charge is 2.11. The van der Waals surface area contributed by atoms with E-state index in [-0.39, 0.29) is 5.54 Å². The van der Waals surface area contributed by atoms with Gasteiger partial charge in [-0.3, -0.25) is 4.99 Å². The molecule has 1 aromatic rings. The van der Waals surface area contributed by atoms with Gasteiger partial charge in [-0.2, -0.15) is 0 Å². The molecule has 2 heteroatoms. The van der Waals surface area contributed by atoms with E-state index in [1.54, 1.807) is 0 Å². The molecule has 0 radical (unpaired) electrons. The SMILES string of the molecule is CC.CC1(C)C=CC=c2[nH]ccc2=N1. The van der Waals surface area contributed by atoms with Crippen LogP contribution in [0.3, 0.4) is 0 Å². The Kier molecular flexibility index (Phi) is 3.28. The van der Waals surface area contributed by atoms with Crippen molar-refractivity contribution in [2.75, 3.05) is 0 Å². The Bertz CT molecular complexity index is 421. The lowest BCUT2D eigenvalue weighted by atomic mass is 10.1. The molecule has 1 aliphatic heterocycles. The van der Waals surface area contributed by atoms with Crippen molar-refractivity contribution in [3.8, 4) is 0 Å². The van der Waals surface area contributed by atoms with Crippen molar-refractivity contribution in [3.05, 3.63) is 35.1 Å². The number of hydrogen-bond acceptors (Lipinski definition) is 1. The fourth-order valence-electron chi connectivity index (χ4n) is 1.33. The summed E-state index contributed by atoms with van der Waals surface area (Å²) in [5.74, 6) is 0. The minimum atomic E-state index is -0.0794. The number of aromatic amines is 1. The van der Waals surface area contributed by atoms with Gasteiger partial charge in [-0.1, -0.05) is 26.0 Å². The minimum absolute atomic E-state index is 0.0794. The standard InChI is InChI=1S/C10H12N2.C2H6/c1-10(2)6-3-4-8-9(12-10)5-7-11-8;1-2/h3-7,11H,1-2H3;1-2H3. The van der Waals surface area contributed by atoms with Crippen LogP contribution in [0.4, 0.5) is 0 Å². The van der Waals surface area contributed by atoms with E-state index in [1.165, 1.54) is 0 Å². The molecule has 0 bridgehead atoms. The van der Waals surface area contributed by atoms with Gasteiger partial charge >= 0.3 is 0 Å². The van der Waals surface area contributed by atoms with Gasteiger partial charge in [0.2, 0.25) is 0 Å². The Morgan fingerprint density at radius 3 is 2.71 bits per heavy atom. The summed E-state index contributed by atoms with van der Waals surface area (Å²) < 4.78 is 0. The summed E-state index contributed by atoms with van der Waals surface area (Å²) in [5, 5.41) is 2.14. The molecule has 14 heavy (non-hydrogen) atoms. The Morgan fingerprint density at radius 1 is 1.29 bits per heavy atom. The van der Waals surface area contributed by atoms with E-state index in [9.17, 15) is 0 Å². The molecular formula is C12H18N2. The van der Waals surface area contributed by atoms with Gasteiger partial charge in [0, 0.05) is 6.20 Å². The van der Waals surface area contributed by atoms with Crippen molar-refractivity contribution in [2.24, 2.45) is 4.99 Å². The topological polar surface area (TPSA) is 28.1 Å². The van der Waals surface area contributed by atoms with Crippen LogP contribution in [0.25, 0.3) is 6.08 Å². The van der Waals surface area contributed by atoms with Crippen molar-refractivity contribution >= 4 is 6.08 Å². The van der Waals surface area contributed by atoms with Crippen molar-refractivity contribution in [3.63, 3.8) is 0 Å². The molecule has 1 aromatic heterocycles. The maximum atomic E-state index is 4.58. The molecule has 2 rings (SSSR count). The quantitative estimate of drug-likeness (QED) is 0.646. The molecule has 0 amide bonds. The number of H-pyrrole nitrogens is 1. The first-order valence-electron chi connectivity index (χ1n) is 5.10. The average Bonchev–Trinajstić information content (AvgIpc) is 2.50. The van der Waals surface area contributed by atoms with Gasteiger partial charge in [-0.05, 0) is 26.0 Å². The van der Waals surface area contributed by atoms with E-state index in [0.29, 0.717) is 0 Å². The summed E-state index contributed by atoms with van der Waals surface area (Å²) in [7, 11) is 0. The molecule has 0 saturated heterocycles. The zero-order valence-electron chi connectivity index (χ0n) is 9.33. The summed E-state index contributed by atoms with van der Waals surface area (Å²) in [5.41, 5.74) is -0.0794. The molecule has 0 atom stereocenters. The second kappa shape index (κ2) is 4.27. The molecule has 76 valence electrons. The van der Waals surface area contributed by atoms with Crippen LogP contribution in [0.15, 0.2) is 29.4 Å². The first-order valence-corrected chi connectivity index (χ1v) is 5.10. The molecule has 0 fully saturated rings.